The van der Waals surface area contributed by atoms with Crippen LogP contribution in [-0.4, -0.2) is 18.3 Å². The molecule has 1 atom stereocenters. The summed E-state index contributed by atoms with van der Waals surface area (Å²) in [6, 6.07) is 0. The summed E-state index contributed by atoms with van der Waals surface area (Å²) in [5, 5.41) is 8.79. The predicted octanol–water partition coefficient (Wildman–Crippen LogP) is 1.13. The van der Waals surface area contributed by atoms with E-state index >= 15 is 0 Å². The van der Waals surface area contributed by atoms with E-state index in [1.807, 2.05) is 0 Å². The number of unbranched alkanes of at least 4 members (excludes halogenated alkanes) is 1. The first-order chi connectivity index (χ1) is 4.85. The second-order valence-electron chi connectivity index (χ2n) is 2.74. The van der Waals surface area contributed by atoms with Crippen LogP contribution in [0.3, 0.4) is 0 Å². The summed E-state index contributed by atoms with van der Waals surface area (Å²) in [6.07, 6.45) is 4.47. The highest BCUT2D eigenvalue weighted by Crippen LogP contribution is 2.10. The number of hydrogen-bond donors (Lipinski definition) is 2. The maximum absolute atomic E-state index is 8.79. The van der Waals surface area contributed by atoms with Crippen LogP contribution in [0.1, 0.15) is 32.6 Å². The Bertz CT molecular complexity index is 62.3. The molecule has 0 fully saturated rings. The Hall–Kier alpha value is -0.0800. The van der Waals surface area contributed by atoms with Gasteiger partial charge in [-0.05, 0) is 25.3 Å². The SMILES string of the molecule is CCC(CO)CCCCN. The van der Waals surface area contributed by atoms with E-state index in [-0.39, 0.29) is 0 Å². The van der Waals surface area contributed by atoms with Gasteiger partial charge in [-0.3, -0.25) is 0 Å². The molecule has 0 amide bonds. The van der Waals surface area contributed by atoms with Crippen molar-refractivity contribution in [1.29, 1.82) is 0 Å². The third-order valence-corrected chi connectivity index (χ3v) is 1.90. The Morgan fingerprint density at radius 3 is 2.50 bits per heavy atom. The molecule has 0 aromatic carbocycles. The molecule has 0 aliphatic heterocycles. The third-order valence-electron chi connectivity index (χ3n) is 1.90. The summed E-state index contributed by atoms with van der Waals surface area (Å²) in [4.78, 5) is 0. The molecule has 0 aliphatic rings. The van der Waals surface area contributed by atoms with Crippen LogP contribution >= 0.6 is 0 Å². The summed E-state index contributed by atoms with van der Waals surface area (Å²) < 4.78 is 0. The molecule has 2 nitrogen and oxygen atoms in total. The second-order valence-corrected chi connectivity index (χ2v) is 2.74. The van der Waals surface area contributed by atoms with E-state index < -0.39 is 0 Å². The van der Waals surface area contributed by atoms with Gasteiger partial charge < -0.3 is 10.8 Å². The second kappa shape index (κ2) is 7.03. The molecule has 0 spiro atoms. The number of nitrogens with two attached hydrogens (primary N) is 1. The van der Waals surface area contributed by atoms with Gasteiger partial charge in [0.2, 0.25) is 0 Å². The quantitative estimate of drug-likeness (QED) is 0.550. The fourth-order valence-corrected chi connectivity index (χ4v) is 1.00. The summed E-state index contributed by atoms with van der Waals surface area (Å²) >= 11 is 0. The van der Waals surface area contributed by atoms with Crippen LogP contribution < -0.4 is 5.73 Å². The summed E-state index contributed by atoms with van der Waals surface area (Å²) in [5.74, 6) is 0.506. The standard InChI is InChI=1S/C8H19NO/c1-2-8(7-10)5-3-4-6-9/h8,10H,2-7,9H2,1H3. The van der Waals surface area contributed by atoms with E-state index in [4.69, 9.17) is 10.8 Å². The van der Waals surface area contributed by atoms with Crippen LogP contribution in [-0.2, 0) is 0 Å². The molecule has 0 bridgehead atoms. The molecule has 0 aromatic heterocycles. The van der Waals surface area contributed by atoms with Crippen molar-refractivity contribution >= 4 is 0 Å². The van der Waals surface area contributed by atoms with Gasteiger partial charge in [0, 0.05) is 6.61 Å². The molecule has 0 radical (unpaired) electrons. The van der Waals surface area contributed by atoms with Crippen LogP contribution in [0.15, 0.2) is 0 Å². The first-order valence-corrected chi connectivity index (χ1v) is 4.16. The lowest BCUT2D eigenvalue weighted by Crippen LogP contribution is -2.06. The number of rotatable bonds is 6. The minimum atomic E-state index is 0.334. The highest BCUT2D eigenvalue weighted by Gasteiger charge is 2.02. The zero-order valence-corrected chi connectivity index (χ0v) is 6.84. The van der Waals surface area contributed by atoms with Crippen LogP contribution in [0.2, 0.25) is 0 Å². The molecular formula is C8H19NO. The Morgan fingerprint density at radius 1 is 1.40 bits per heavy atom. The largest absolute Gasteiger partial charge is 0.396 e. The molecule has 0 heterocycles. The van der Waals surface area contributed by atoms with Crippen molar-refractivity contribution in [3.05, 3.63) is 0 Å². The molecule has 2 heteroatoms. The van der Waals surface area contributed by atoms with E-state index in [0.717, 1.165) is 32.2 Å². The van der Waals surface area contributed by atoms with E-state index in [1.54, 1.807) is 0 Å². The van der Waals surface area contributed by atoms with Gasteiger partial charge in [0.25, 0.3) is 0 Å². The van der Waals surface area contributed by atoms with Gasteiger partial charge >= 0.3 is 0 Å². The van der Waals surface area contributed by atoms with Crippen molar-refractivity contribution in [2.45, 2.75) is 32.6 Å². The molecule has 0 saturated carbocycles. The first-order valence-electron chi connectivity index (χ1n) is 4.16. The zero-order valence-electron chi connectivity index (χ0n) is 6.84. The van der Waals surface area contributed by atoms with Crippen molar-refractivity contribution in [2.24, 2.45) is 11.7 Å². The van der Waals surface area contributed by atoms with Gasteiger partial charge in [-0.1, -0.05) is 19.8 Å². The van der Waals surface area contributed by atoms with E-state index in [2.05, 4.69) is 6.92 Å². The van der Waals surface area contributed by atoms with Crippen molar-refractivity contribution in [2.75, 3.05) is 13.2 Å². The van der Waals surface area contributed by atoms with Crippen LogP contribution in [0.25, 0.3) is 0 Å². The lowest BCUT2D eigenvalue weighted by molar-refractivity contribution is 0.212. The normalized spacial score (nSPS) is 13.5. The highest BCUT2D eigenvalue weighted by molar-refractivity contribution is 4.55. The lowest BCUT2D eigenvalue weighted by Gasteiger charge is -2.09. The van der Waals surface area contributed by atoms with Gasteiger partial charge in [-0.15, -0.1) is 0 Å². The smallest absolute Gasteiger partial charge is 0.0459 e. The minimum Gasteiger partial charge on any atom is -0.396 e. The Balaban J connectivity index is 3.09. The fraction of sp³-hybridized carbons (Fsp3) is 1.00. The molecule has 10 heavy (non-hydrogen) atoms. The minimum absolute atomic E-state index is 0.334. The van der Waals surface area contributed by atoms with Gasteiger partial charge in [-0.25, -0.2) is 0 Å². The molecular weight excluding hydrogens is 126 g/mol. The van der Waals surface area contributed by atoms with Crippen molar-refractivity contribution in [3.8, 4) is 0 Å². The Labute approximate surface area is 63.4 Å². The lowest BCUT2D eigenvalue weighted by atomic mass is 10.0. The van der Waals surface area contributed by atoms with Crippen LogP contribution in [0.4, 0.5) is 0 Å². The van der Waals surface area contributed by atoms with Crippen LogP contribution in [0.5, 0.6) is 0 Å². The predicted molar refractivity (Wildman–Crippen MR) is 43.8 cm³/mol. The maximum atomic E-state index is 8.79. The average molecular weight is 145 g/mol. The Kier molecular flexibility index (Phi) is 6.98. The molecule has 62 valence electrons. The third kappa shape index (κ3) is 4.77. The highest BCUT2D eigenvalue weighted by atomic mass is 16.3. The Morgan fingerprint density at radius 2 is 2.10 bits per heavy atom. The summed E-state index contributed by atoms with van der Waals surface area (Å²) in [5.41, 5.74) is 5.34. The number of aliphatic hydroxyl groups is 1. The molecule has 0 rings (SSSR count). The maximum Gasteiger partial charge on any atom is 0.0459 e. The topological polar surface area (TPSA) is 46.2 Å². The van der Waals surface area contributed by atoms with Gasteiger partial charge in [0.05, 0.1) is 0 Å². The van der Waals surface area contributed by atoms with E-state index in [1.165, 1.54) is 0 Å². The molecule has 0 aromatic rings. The number of hydrogen-bond acceptors (Lipinski definition) is 2. The monoisotopic (exact) mass is 145 g/mol. The summed E-state index contributed by atoms with van der Waals surface area (Å²) in [6.45, 7) is 3.23. The average Bonchev–Trinajstić information content (AvgIpc) is 1.99. The first kappa shape index (κ1) is 9.92. The molecule has 3 N–H and O–H groups in total. The fourth-order valence-electron chi connectivity index (χ4n) is 1.00. The van der Waals surface area contributed by atoms with Gasteiger partial charge in [0.15, 0.2) is 0 Å². The molecule has 0 saturated heterocycles. The van der Waals surface area contributed by atoms with E-state index in [9.17, 15) is 0 Å². The van der Waals surface area contributed by atoms with Crippen molar-refractivity contribution in [3.63, 3.8) is 0 Å². The van der Waals surface area contributed by atoms with Crippen molar-refractivity contribution < 1.29 is 5.11 Å². The number of aliphatic hydroxyl groups excluding tert-OH is 1. The molecule has 1 unspecified atom stereocenters. The van der Waals surface area contributed by atoms with E-state index in [0.29, 0.717) is 12.5 Å². The van der Waals surface area contributed by atoms with Crippen molar-refractivity contribution in [1.82, 2.24) is 0 Å². The van der Waals surface area contributed by atoms with Gasteiger partial charge in [0.1, 0.15) is 0 Å². The van der Waals surface area contributed by atoms with Crippen LogP contribution in [0, 0.1) is 5.92 Å². The summed E-state index contributed by atoms with van der Waals surface area (Å²) in [7, 11) is 0. The zero-order chi connectivity index (χ0) is 7.82. The van der Waals surface area contributed by atoms with Gasteiger partial charge in [-0.2, -0.15) is 0 Å². The molecule has 0 aliphatic carbocycles.